The van der Waals surface area contributed by atoms with E-state index in [-0.39, 0.29) is 36.8 Å². The maximum atomic E-state index is 12.6. The van der Waals surface area contributed by atoms with Gasteiger partial charge in [-0.15, -0.1) is 36.2 Å². The van der Waals surface area contributed by atoms with Crippen molar-refractivity contribution in [3.63, 3.8) is 0 Å². The van der Waals surface area contributed by atoms with Crippen LogP contribution in [0.15, 0.2) is 5.38 Å². The number of aromatic nitrogens is 1. The lowest BCUT2D eigenvalue weighted by Crippen LogP contribution is -2.42. The van der Waals surface area contributed by atoms with Crippen LogP contribution >= 0.6 is 36.2 Å². The number of nitrogens with zero attached hydrogens (tertiary/aromatic N) is 2. The van der Waals surface area contributed by atoms with Crippen LogP contribution in [0.4, 0.5) is 0 Å². The lowest BCUT2D eigenvalue weighted by molar-refractivity contribution is -0.136. The van der Waals surface area contributed by atoms with Gasteiger partial charge < -0.3 is 10.6 Å². The quantitative estimate of drug-likeness (QED) is 0.875. The van der Waals surface area contributed by atoms with Crippen molar-refractivity contribution in [2.45, 2.75) is 57.4 Å². The molecule has 1 aliphatic heterocycles. The average Bonchev–Trinajstić information content (AvgIpc) is 3.15. The Morgan fingerprint density at radius 3 is 2.78 bits per heavy atom. The zero-order valence-corrected chi connectivity index (χ0v) is 16.0. The van der Waals surface area contributed by atoms with E-state index >= 15 is 0 Å². The van der Waals surface area contributed by atoms with Crippen molar-refractivity contribution in [3.8, 4) is 0 Å². The number of likely N-dealkylation sites (tertiary alicyclic amines) is 1. The molecule has 1 saturated carbocycles. The van der Waals surface area contributed by atoms with Gasteiger partial charge in [0.25, 0.3) is 0 Å². The van der Waals surface area contributed by atoms with Gasteiger partial charge in [-0.1, -0.05) is 6.92 Å². The minimum atomic E-state index is 0. The first-order valence-electron chi connectivity index (χ1n) is 8.16. The van der Waals surface area contributed by atoms with Gasteiger partial charge >= 0.3 is 0 Å². The number of halogens is 2. The molecule has 132 valence electrons. The highest BCUT2D eigenvalue weighted by molar-refractivity contribution is 7.09. The first-order chi connectivity index (χ1) is 10.2. The van der Waals surface area contributed by atoms with E-state index in [0.717, 1.165) is 51.6 Å². The van der Waals surface area contributed by atoms with Crippen LogP contribution in [0, 0.1) is 5.92 Å². The minimum Gasteiger partial charge on any atom is -0.342 e. The van der Waals surface area contributed by atoms with E-state index in [0.29, 0.717) is 11.8 Å². The number of piperidine rings is 1. The third kappa shape index (κ3) is 4.81. The number of thiazole rings is 1. The van der Waals surface area contributed by atoms with Gasteiger partial charge in [0.15, 0.2) is 0 Å². The van der Waals surface area contributed by atoms with E-state index in [1.54, 1.807) is 11.3 Å². The van der Waals surface area contributed by atoms with Crippen LogP contribution in [-0.4, -0.2) is 34.9 Å². The van der Waals surface area contributed by atoms with Gasteiger partial charge in [-0.25, -0.2) is 4.98 Å². The van der Waals surface area contributed by atoms with E-state index in [2.05, 4.69) is 17.2 Å². The largest absolute Gasteiger partial charge is 0.342 e. The van der Waals surface area contributed by atoms with Crippen LogP contribution in [0.25, 0.3) is 0 Å². The Morgan fingerprint density at radius 1 is 1.39 bits per heavy atom. The van der Waals surface area contributed by atoms with Gasteiger partial charge in [0.1, 0.15) is 0 Å². The molecule has 7 heteroatoms. The number of carbonyl (C=O) groups excluding carboxylic acids is 1. The highest BCUT2D eigenvalue weighted by atomic mass is 35.5. The minimum absolute atomic E-state index is 0. The van der Waals surface area contributed by atoms with Crippen molar-refractivity contribution in [2.24, 2.45) is 11.7 Å². The molecule has 1 amide bonds. The fraction of sp³-hybridized carbons (Fsp3) is 0.750. The van der Waals surface area contributed by atoms with Crippen molar-refractivity contribution < 1.29 is 4.79 Å². The maximum Gasteiger partial charge on any atom is 0.225 e. The molecule has 1 aromatic rings. The number of hydrogen-bond acceptors (Lipinski definition) is 4. The number of aryl methyl sites for hydroxylation is 1. The normalized spacial score (nSPS) is 27.2. The lowest BCUT2D eigenvalue weighted by atomic mass is 9.96. The smallest absolute Gasteiger partial charge is 0.225 e. The molecule has 23 heavy (non-hydrogen) atoms. The summed E-state index contributed by atoms with van der Waals surface area (Å²) < 4.78 is 0. The predicted octanol–water partition coefficient (Wildman–Crippen LogP) is 3.38. The molecule has 4 nitrogen and oxygen atoms in total. The number of carbonyl (C=O) groups is 1. The topological polar surface area (TPSA) is 59.2 Å². The van der Waals surface area contributed by atoms with E-state index in [4.69, 9.17) is 10.7 Å². The first kappa shape index (κ1) is 20.7. The van der Waals surface area contributed by atoms with E-state index in [1.807, 2.05) is 0 Å². The third-order valence-electron chi connectivity index (χ3n) is 4.84. The Bertz CT molecular complexity index is 511. The molecule has 2 N–H and O–H groups in total. The summed E-state index contributed by atoms with van der Waals surface area (Å²) in [6.45, 7) is 3.90. The van der Waals surface area contributed by atoms with Gasteiger partial charge in [0, 0.05) is 36.3 Å². The molecule has 0 radical (unpaired) electrons. The van der Waals surface area contributed by atoms with Crippen molar-refractivity contribution in [3.05, 3.63) is 16.1 Å². The van der Waals surface area contributed by atoms with Gasteiger partial charge in [0.05, 0.1) is 10.7 Å². The summed E-state index contributed by atoms with van der Waals surface area (Å²) in [5.74, 6) is 0.934. The molecule has 1 saturated heterocycles. The third-order valence-corrected chi connectivity index (χ3v) is 5.89. The number of hydrogen-bond donors (Lipinski definition) is 1. The number of nitrogens with two attached hydrogens (primary N) is 1. The van der Waals surface area contributed by atoms with Gasteiger partial charge in [-0.2, -0.15) is 0 Å². The highest BCUT2D eigenvalue weighted by Crippen LogP contribution is 2.32. The number of amides is 1. The summed E-state index contributed by atoms with van der Waals surface area (Å²) in [6, 6.07) is 0.227. The fourth-order valence-electron chi connectivity index (χ4n) is 3.55. The predicted molar refractivity (Wildman–Crippen MR) is 99.9 cm³/mol. The van der Waals surface area contributed by atoms with Crippen LogP contribution in [0.3, 0.4) is 0 Å². The van der Waals surface area contributed by atoms with E-state index in [1.165, 1.54) is 10.7 Å². The Hall–Kier alpha value is -0.360. The fourth-order valence-corrected chi connectivity index (χ4v) is 4.58. The van der Waals surface area contributed by atoms with Crippen LogP contribution in [-0.2, 0) is 11.2 Å². The molecule has 0 aromatic carbocycles. The molecule has 1 aliphatic carbocycles. The molecule has 2 heterocycles. The molecule has 2 fully saturated rings. The van der Waals surface area contributed by atoms with Crippen LogP contribution in [0.5, 0.6) is 0 Å². The molecule has 2 aliphatic rings. The number of rotatable bonds is 3. The molecule has 3 rings (SSSR count). The second kappa shape index (κ2) is 9.21. The van der Waals surface area contributed by atoms with E-state index < -0.39 is 0 Å². The van der Waals surface area contributed by atoms with Gasteiger partial charge in [-0.05, 0) is 38.5 Å². The monoisotopic (exact) mass is 379 g/mol. The summed E-state index contributed by atoms with van der Waals surface area (Å²) in [4.78, 5) is 19.4. The molecular weight excluding hydrogens is 353 g/mol. The summed E-state index contributed by atoms with van der Waals surface area (Å²) in [7, 11) is 0. The van der Waals surface area contributed by atoms with Crippen LogP contribution in [0.1, 0.15) is 55.6 Å². The Morgan fingerprint density at radius 2 is 2.17 bits per heavy atom. The molecule has 0 bridgehead atoms. The Labute approximate surface area is 155 Å². The maximum absolute atomic E-state index is 12.6. The molecular formula is C16H27Cl2N3OS. The van der Waals surface area contributed by atoms with Crippen LogP contribution in [0.2, 0.25) is 0 Å². The molecule has 0 spiro atoms. The summed E-state index contributed by atoms with van der Waals surface area (Å²) in [6.07, 6.45) is 6.09. The van der Waals surface area contributed by atoms with Gasteiger partial charge in [0.2, 0.25) is 5.91 Å². The molecule has 1 aromatic heterocycles. The molecule has 3 unspecified atom stereocenters. The summed E-state index contributed by atoms with van der Waals surface area (Å²) in [5, 5.41) is 3.37. The van der Waals surface area contributed by atoms with E-state index in [9.17, 15) is 4.79 Å². The summed E-state index contributed by atoms with van der Waals surface area (Å²) >= 11 is 1.76. The lowest BCUT2D eigenvalue weighted by Gasteiger charge is -2.33. The SMILES string of the molecule is CCc1csc(C2CCCN(C(=O)C3CCC(N)C3)C2)n1.Cl.Cl. The summed E-state index contributed by atoms with van der Waals surface area (Å²) in [5.41, 5.74) is 7.13. The van der Waals surface area contributed by atoms with Crippen molar-refractivity contribution in [2.75, 3.05) is 13.1 Å². The Kier molecular flexibility index (Phi) is 8.28. The van der Waals surface area contributed by atoms with Crippen molar-refractivity contribution in [1.29, 1.82) is 0 Å². The Balaban J connectivity index is 0.00000132. The molecule has 3 atom stereocenters. The average molecular weight is 380 g/mol. The van der Waals surface area contributed by atoms with Crippen LogP contribution < -0.4 is 5.73 Å². The van der Waals surface area contributed by atoms with Crippen molar-refractivity contribution >= 4 is 42.1 Å². The van der Waals surface area contributed by atoms with Crippen molar-refractivity contribution in [1.82, 2.24) is 9.88 Å². The van der Waals surface area contributed by atoms with Gasteiger partial charge in [-0.3, -0.25) is 4.79 Å². The zero-order chi connectivity index (χ0) is 14.8. The standard InChI is InChI=1S/C16H25N3OS.2ClH/c1-2-14-10-21-15(18-14)12-4-3-7-19(9-12)16(20)11-5-6-13(17)8-11;;/h10-13H,2-9,17H2,1H3;2*1H. The second-order valence-electron chi connectivity index (χ2n) is 6.42. The first-order valence-corrected chi connectivity index (χ1v) is 9.04. The highest BCUT2D eigenvalue weighted by Gasteiger charge is 2.34. The second-order valence-corrected chi connectivity index (χ2v) is 7.31. The zero-order valence-electron chi connectivity index (χ0n) is 13.6.